The molecule has 0 aromatic rings. The van der Waals surface area contributed by atoms with Crippen LogP contribution in [0.3, 0.4) is 0 Å². The van der Waals surface area contributed by atoms with Gasteiger partial charge in [-0.05, 0) is 13.3 Å². The van der Waals surface area contributed by atoms with Crippen molar-refractivity contribution in [2.75, 3.05) is 12.4 Å². The Morgan fingerprint density at radius 3 is 2.93 bits per heavy atom. The summed E-state index contributed by atoms with van der Waals surface area (Å²) in [6, 6.07) is 0. The molecule has 15 heavy (non-hydrogen) atoms. The largest absolute Gasteiger partial charge is 0.509 e. The summed E-state index contributed by atoms with van der Waals surface area (Å²) < 4.78 is 9.65. The first-order chi connectivity index (χ1) is 7.22. The van der Waals surface area contributed by atoms with E-state index in [2.05, 4.69) is 9.89 Å². The zero-order valence-electron chi connectivity index (χ0n) is 8.80. The molecule has 1 aliphatic heterocycles. The van der Waals surface area contributed by atoms with E-state index < -0.39 is 11.6 Å². The van der Waals surface area contributed by atoms with Crippen molar-refractivity contribution in [3.63, 3.8) is 0 Å². The first-order valence-electron chi connectivity index (χ1n) is 4.89. The summed E-state index contributed by atoms with van der Waals surface area (Å²) >= 11 is 1.45. The van der Waals surface area contributed by atoms with E-state index in [9.17, 15) is 4.79 Å². The van der Waals surface area contributed by atoms with Crippen molar-refractivity contribution in [3.05, 3.63) is 0 Å². The van der Waals surface area contributed by atoms with Crippen molar-refractivity contribution in [1.82, 2.24) is 0 Å². The van der Waals surface area contributed by atoms with Crippen LogP contribution in [0, 0.1) is 5.92 Å². The molecule has 6 heteroatoms. The van der Waals surface area contributed by atoms with Crippen LogP contribution in [-0.2, 0) is 9.47 Å². The fourth-order valence-corrected chi connectivity index (χ4v) is 2.73. The summed E-state index contributed by atoms with van der Waals surface area (Å²) in [7, 11) is 0. The van der Waals surface area contributed by atoms with E-state index in [1.807, 2.05) is 6.92 Å². The topological polar surface area (TPSA) is 68.1 Å². The monoisotopic (exact) mass is 233 g/mol. The molecule has 2 unspecified atom stereocenters. The minimum atomic E-state index is -0.715. The second-order valence-corrected chi connectivity index (χ2v) is 4.19. The van der Waals surface area contributed by atoms with Crippen molar-refractivity contribution in [3.8, 4) is 0 Å². The van der Waals surface area contributed by atoms with Crippen LogP contribution in [0.15, 0.2) is 5.16 Å². The Labute approximate surface area is 92.8 Å². The molecule has 0 bridgehead atoms. The van der Waals surface area contributed by atoms with Gasteiger partial charge in [0.05, 0.1) is 6.61 Å². The van der Waals surface area contributed by atoms with Crippen molar-refractivity contribution in [2.45, 2.75) is 25.7 Å². The Bertz CT molecular complexity index is 256. The molecule has 1 aliphatic rings. The molecule has 0 spiro atoms. The minimum absolute atomic E-state index is 0.180. The van der Waals surface area contributed by atoms with Crippen LogP contribution in [0.5, 0.6) is 0 Å². The first-order valence-corrected chi connectivity index (χ1v) is 5.94. The molecule has 0 aromatic carbocycles. The second-order valence-electron chi connectivity index (χ2n) is 3.10. The Hall–Kier alpha value is -0.910. The molecule has 1 N–H and O–H groups in total. The lowest BCUT2D eigenvalue weighted by Crippen LogP contribution is -2.24. The van der Waals surface area contributed by atoms with Gasteiger partial charge in [0.2, 0.25) is 0 Å². The number of thioether (sulfide) groups is 1. The molecule has 0 saturated carbocycles. The van der Waals surface area contributed by atoms with Crippen LogP contribution in [-0.4, -0.2) is 34.9 Å². The zero-order chi connectivity index (χ0) is 11.3. The van der Waals surface area contributed by atoms with Gasteiger partial charge in [0, 0.05) is 11.7 Å². The molecule has 1 rings (SSSR count). The van der Waals surface area contributed by atoms with Gasteiger partial charge in [-0.15, -0.1) is 11.8 Å². The number of oxime groups is 1. The van der Waals surface area contributed by atoms with Gasteiger partial charge in [-0.25, -0.2) is 4.79 Å². The second kappa shape index (κ2) is 5.85. The number of ether oxygens (including phenoxy) is 2. The van der Waals surface area contributed by atoms with E-state index in [0.717, 1.165) is 12.2 Å². The molecule has 2 atom stereocenters. The van der Waals surface area contributed by atoms with Crippen LogP contribution in [0.1, 0.15) is 20.3 Å². The molecule has 1 fully saturated rings. The third kappa shape index (κ3) is 3.02. The maximum absolute atomic E-state index is 11.1. The van der Waals surface area contributed by atoms with Gasteiger partial charge in [-0.3, -0.25) is 0 Å². The van der Waals surface area contributed by atoms with Gasteiger partial charge < -0.3 is 14.7 Å². The quantitative estimate of drug-likeness (QED) is 0.459. The Balaban J connectivity index is 2.53. The number of rotatable bonds is 3. The smallest absolute Gasteiger partial charge is 0.435 e. The normalized spacial score (nSPS) is 28.0. The van der Waals surface area contributed by atoms with Gasteiger partial charge in [-0.2, -0.15) is 0 Å². The molecule has 0 aliphatic carbocycles. The van der Waals surface area contributed by atoms with Crippen LogP contribution in [0.4, 0.5) is 4.79 Å². The predicted molar refractivity (Wildman–Crippen MR) is 57.4 cm³/mol. The predicted octanol–water partition coefficient (Wildman–Crippen LogP) is 2.09. The molecular formula is C9H15NO4S. The SMILES string of the molecule is CCOC(=O)OC1SCC(CC)C1=NO. The first kappa shape index (κ1) is 12.2. The third-order valence-corrected chi connectivity index (χ3v) is 3.42. The number of carbonyl (C=O) groups excluding carboxylic acids is 1. The van der Waals surface area contributed by atoms with E-state index in [0.29, 0.717) is 5.71 Å². The standard InChI is InChI=1S/C9H15NO4S/c1-3-6-5-15-8(7(6)10-12)14-9(11)13-4-2/h6,8,12H,3-5H2,1-2H3. The van der Waals surface area contributed by atoms with Crippen molar-refractivity contribution in [1.29, 1.82) is 0 Å². The fourth-order valence-electron chi connectivity index (χ4n) is 1.36. The van der Waals surface area contributed by atoms with Crippen molar-refractivity contribution >= 4 is 23.6 Å². The molecular weight excluding hydrogens is 218 g/mol. The molecule has 0 radical (unpaired) electrons. The number of hydrogen-bond donors (Lipinski definition) is 1. The Morgan fingerprint density at radius 2 is 2.40 bits per heavy atom. The Morgan fingerprint density at radius 1 is 1.67 bits per heavy atom. The lowest BCUT2D eigenvalue weighted by Gasteiger charge is -2.12. The summed E-state index contributed by atoms with van der Waals surface area (Å²) in [5, 5.41) is 12.0. The fraction of sp³-hybridized carbons (Fsp3) is 0.778. The Kier molecular flexibility index (Phi) is 4.74. The van der Waals surface area contributed by atoms with Crippen LogP contribution in [0.2, 0.25) is 0 Å². The van der Waals surface area contributed by atoms with E-state index in [-0.39, 0.29) is 12.5 Å². The molecule has 86 valence electrons. The van der Waals surface area contributed by atoms with E-state index in [4.69, 9.17) is 9.94 Å². The van der Waals surface area contributed by atoms with Crippen LogP contribution < -0.4 is 0 Å². The van der Waals surface area contributed by atoms with Crippen LogP contribution in [0.25, 0.3) is 0 Å². The average molecular weight is 233 g/mol. The highest BCUT2D eigenvalue weighted by molar-refractivity contribution is 8.01. The third-order valence-electron chi connectivity index (χ3n) is 2.18. The maximum atomic E-state index is 11.1. The summed E-state index contributed by atoms with van der Waals surface area (Å²) in [4.78, 5) is 11.1. The van der Waals surface area contributed by atoms with Gasteiger partial charge in [-0.1, -0.05) is 12.1 Å². The summed E-state index contributed by atoms with van der Waals surface area (Å²) in [6.45, 7) is 3.99. The zero-order valence-corrected chi connectivity index (χ0v) is 9.62. The molecule has 1 heterocycles. The molecule has 0 amide bonds. The van der Waals surface area contributed by atoms with Gasteiger partial charge >= 0.3 is 6.16 Å². The lowest BCUT2D eigenvalue weighted by molar-refractivity contribution is 0.0630. The summed E-state index contributed by atoms with van der Waals surface area (Å²) in [5.74, 6) is 0.986. The van der Waals surface area contributed by atoms with E-state index in [1.165, 1.54) is 11.8 Å². The number of nitrogens with zero attached hydrogens (tertiary/aromatic N) is 1. The molecule has 1 saturated heterocycles. The average Bonchev–Trinajstić information content (AvgIpc) is 2.60. The highest BCUT2D eigenvalue weighted by Gasteiger charge is 2.35. The number of hydrogen-bond acceptors (Lipinski definition) is 6. The van der Waals surface area contributed by atoms with Crippen LogP contribution >= 0.6 is 11.8 Å². The van der Waals surface area contributed by atoms with E-state index >= 15 is 0 Å². The van der Waals surface area contributed by atoms with Gasteiger partial charge in [0.25, 0.3) is 0 Å². The highest BCUT2D eigenvalue weighted by atomic mass is 32.2. The molecule has 0 aromatic heterocycles. The highest BCUT2D eigenvalue weighted by Crippen LogP contribution is 2.32. The minimum Gasteiger partial charge on any atom is -0.435 e. The lowest BCUT2D eigenvalue weighted by atomic mass is 10.0. The molecule has 5 nitrogen and oxygen atoms in total. The van der Waals surface area contributed by atoms with Gasteiger partial charge in [0.1, 0.15) is 5.71 Å². The van der Waals surface area contributed by atoms with Crippen molar-refractivity contribution in [2.24, 2.45) is 11.1 Å². The number of carbonyl (C=O) groups is 1. The summed E-state index contributed by atoms with van der Waals surface area (Å²) in [5.41, 5.74) is 0.0227. The van der Waals surface area contributed by atoms with E-state index in [1.54, 1.807) is 6.92 Å². The maximum Gasteiger partial charge on any atom is 0.509 e. The van der Waals surface area contributed by atoms with Crippen molar-refractivity contribution < 1.29 is 19.5 Å². The summed E-state index contributed by atoms with van der Waals surface area (Å²) in [6.07, 6.45) is 0.155. The van der Waals surface area contributed by atoms with Gasteiger partial charge in [0.15, 0.2) is 5.44 Å².